The van der Waals surface area contributed by atoms with Gasteiger partial charge in [-0.1, -0.05) is 30.3 Å². The third-order valence-electron chi connectivity index (χ3n) is 3.51. The lowest BCUT2D eigenvalue weighted by molar-refractivity contribution is -0.139. The fourth-order valence-electron chi connectivity index (χ4n) is 2.14. The molecule has 27 heavy (non-hydrogen) atoms. The van der Waals surface area contributed by atoms with Gasteiger partial charge >= 0.3 is 12.1 Å². The Hall–Kier alpha value is -3.17. The molecule has 10 heteroatoms. The first-order valence-corrected chi connectivity index (χ1v) is 7.42. The van der Waals surface area contributed by atoms with E-state index in [-0.39, 0.29) is 6.61 Å². The largest absolute Gasteiger partial charge is 0.480 e. The molecular formula is C17H12F5NO4. The molecule has 1 amide bonds. The predicted octanol–water partition coefficient (Wildman–Crippen LogP) is 3.30. The molecule has 1 atom stereocenters. The minimum atomic E-state index is -2.36. The Morgan fingerprint density at radius 1 is 0.926 bits per heavy atom. The van der Waals surface area contributed by atoms with E-state index < -0.39 is 59.2 Å². The van der Waals surface area contributed by atoms with E-state index in [1.54, 1.807) is 30.3 Å². The van der Waals surface area contributed by atoms with Gasteiger partial charge in [0.1, 0.15) is 12.6 Å². The first-order chi connectivity index (χ1) is 12.7. The lowest BCUT2D eigenvalue weighted by Gasteiger charge is -2.16. The van der Waals surface area contributed by atoms with E-state index in [1.165, 1.54) is 0 Å². The number of amides is 1. The molecule has 2 rings (SSSR count). The highest BCUT2D eigenvalue weighted by atomic mass is 19.2. The zero-order valence-corrected chi connectivity index (χ0v) is 13.4. The summed E-state index contributed by atoms with van der Waals surface area (Å²) in [6.07, 6.45) is -2.42. The van der Waals surface area contributed by atoms with Crippen LogP contribution in [-0.4, -0.2) is 23.2 Å². The molecule has 0 aliphatic heterocycles. The summed E-state index contributed by atoms with van der Waals surface area (Å²) in [5.74, 6) is -12.9. The Morgan fingerprint density at radius 3 is 1.96 bits per heavy atom. The van der Waals surface area contributed by atoms with Gasteiger partial charge < -0.3 is 15.2 Å². The number of carboxylic acids is 1. The number of carbonyl (C=O) groups is 2. The highest BCUT2D eigenvalue weighted by molar-refractivity contribution is 5.80. The number of hydrogen-bond donors (Lipinski definition) is 2. The summed E-state index contributed by atoms with van der Waals surface area (Å²) in [4.78, 5) is 22.9. The molecule has 0 radical (unpaired) electrons. The number of alkyl carbamates (subject to hydrolysis) is 1. The van der Waals surface area contributed by atoms with Crippen LogP contribution in [0.4, 0.5) is 26.7 Å². The van der Waals surface area contributed by atoms with Crippen molar-refractivity contribution >= 4 is 12.1 Å². The van der Waals surface area contributed by atoms with Gasteiger partial charge in [0.2, 0.25) is 5.82 Å². The normalized spacial score (nSPS) is 11.7. The van der Waals surface area contributed by atoms with Crippen molar-refractivity contribution < 1.29 is 41.4 Å². The fourth-order valence-corrected chi connectivity index (χ4v) is 2.14. The van der Waals surface area contributed by atoms with Crippen LogP contribution >= 0.6 is 0 Å². The summed E-state index contributed by atoms with van der Waals surface area (Å²) in [5, 5.41) is 10.9. The lowest BCUT2D eigenvalue weighted by atomic mass is 10.0. The first-order valence-electron chi connectivity index (χ1n) is 7.42. The number of aliphatic carboxylic acids is 1. The molecule has 0 aromatic heterocycles. The third-order valence-corrected chi connectivity index (χ3v) is 3.51. The van der Waals surface area contributed by atoms with Crippen molar-refractivity contribution in [2.24, 2.45) is 0 Å². The predicted molar refractivity (Wildman–Crippen MR) is 81.1 cm³/mol. The number of ether oxygens (including phenoxy) is 1. The molecule has 2 N–H and O–H groups in total. The molecule has 0 heterocycles. The van der Waals surface area contributed by atoms with Crippen LogP contribution in [0.5, 0.6) is 0 Å². The lowest BCUT2D eigenvalue weighted by Crippen LogP contribution is -2.43. The van der Waals surface area contributed by atoms with Crippen LogP contribution in [0.15, 0.2) is 30.3 Å². The molecule has 0 spiro atoms. The van der Waals surface area contributed by atoms with E-state index in [9.17, 15) is 31.5 Å². The van der Waals surface area contributed by atoms with E-state index in [0.717, 1.165) is 0 Å². The number of benzene rings is 2. The quantitative estimate of drug-likeness (QED) is 0.452. The molecule has 0 aliphatic rings. The Balaban J connectivity index is 2.12. The van der Waals surface area contributed by atoms with Gasteiger partial charge in [-0.15, -0.1) is 0 Å². The number of carbonyl (C=O) groups excluding carboxylic acids is 1. The van der Waals surface area contributed by atoms with Crippen LogP contribution in [0.3, 0.4) is 0 Å². The average molecular weight is 389 g/mol. The summed E-state index contributed by atoms with van der Waals surface area (Å²) in [5.41, 5.74) is -0.776. The van der Waals surface area contributed by atoms with E-state index in [4.69, 9.17) is 9.84 Å². The molecule has 0 aliphatic carbocycles. The Kier molecular flexibility index (Phi) is 6.32. The van der Waals surface area contributed by atoms with E-state index in [2.05, 4.69) is 0 Å². The summed E-state index contributed by atoms with van der Waals surface area (Å²) >= 11 is 0. The molecule has 0 bridgehead atoms. The van der Waals surface area contributed by atoms with Crippen molar-refractivity contribution in [3.05, 3.63) is 70.5 Å². The van der Waals surface area contributed by atoms with Crippen LogP contribution in [0.25, 0.3) is 0 Å². The van der Waals surface area contributed by atoms with Gasteiger partial charge in [0.15, 0.2) is 23.3 Å². The second kappa shape index (κ2) is 8.47. The second-order valence-electron chi connectivity index (χ2n) is 5.35. The maximum atomic E-state index is 13.7. The Labute approximate surface area is 149 Å². The van der Waals surface area contributed by atoms with Crippen molar-refractivity contribution in [2.45, 2.75) is 19.1 Å². The summed E-state index contributed by atoms with van der Waals surface area (Å²) in [7, 11) is 0. The van der Waals surface area contributed by atoms with Gasteiger partial charge in [0.25, 0.3) is 0 Å². The number of nitrogens with one attached hydrogen (secondary N) is 1. The number of hydrogen-bond acceptors (Lipinski definition) is 3. The second-order valence-corrected chi connectivity index (χ2v) is 5.35. The molecule has 2 aromatic rings. The maximum absolute atomic E-state index is 13.7. The summed E-state index contributed by atoms with van der Waals surface area (Å²) in [6.45, 7) is -0.221. The van der Waals surface area contributed by atoms with Crippen LogP contribution in [0.2, 0.25) is 0 Å². The standard InChI is InChI=1S/C17H12F5NO4/c18-11-9(12(19)14(21)15(22)13(11)20)6-10(16(24)25)23-17(26)27-7-8-4-2-1-3-5-8/h1-5,10H,6-7H2,(H,23,26)(H,24,25)/t10-/m0/s1. The van der Waals surface area contributed by atoms with Crippen LogP contribution in [-0.2, 0) is 22.6 Å². The molecule has 5 nitrogen and oxygen atoms in total. The first kappa shape index (κ1) is 20.1. The zero-order chi connectivity index (χ0) is 20.1. The molecule has 0 saturated heterocycles. The topological polar surface area (TPSA) is 75.6 Å². The van der Waals surface area contributed by atoms with Crippen molar-refractivity contribution in [3.63, 3.8) is 0 Å². The molecule has 144 valence electrons. The highest BCUT2D eigenvalue weighted by Crippen LogP contribution is 2.24. The van der Waals surface area contributed by atoms with Crippen molar-refractivity contribution in [1.82, 2.24) is 5.32 Å². The van der Waals surface area contributed by atoms with Gasteiger partial charge in [0.05, 0.1) is 0 Å². The van der Waals surface area contributed by atoms with E-state index in [1.807, 2.05) is 5.32 Å². The summed E-state index contributed by atoms with van der Waals surface area (Å²) < 4.78 is 71.6. The monoisotopic (exact) mass is 389 g/mol. The smallest absolute Gasteiger partial charge is 0.408 e. The van der Waals surface area contributed by atoms with E-state index in [0.29, 0.717) is 5.56 Å². The van der Waals surface area contributed by atoms with Crippen molar-refractivity contribution in [3.8, 4) is 0 Å². The van der Waals surface area contributed by atoms with E-state index >= 15 is 0 Å². The van der Waals surface area contributed by atoms with Gasteiger partial charge in [-0.05, 0) is 5.56 Å². The minimum Gasteiger partial charge on any atom is -0.480 e. The summed E-state index contributed by atoms with van der Waals surface area (Å²) in [6, 6.07) is 6.31. The van der Waals surface area contributed by atoms with Gasteiger partial charge in [-0.2, -0.15) is 0 Å². The molecule has 2 aromatic carbocycles. The minimum absolute atomic E-state index is 0.221. The van der Waals surface area contributed by atoms with Crippen LogP contribution in [0.1, 0.15) is 11.1 Å². The van der Waals surface area contributed by atoms with Crippen molar-refractivity contribution in [2.75, 3.05) is 0 Å². The third kappa shape index (κ3) is 4.72. The SMILES string of the molecule is O=C(N[C@@H](Cc1c(F)c(F)c(F)c(F)c1F)C(=O)O)OCc1ccccc1. The molecular weight excluding hydrogens is 377 g/mol. The number of carboxylic acid groups (broad SMARTS) is 1. The highest BCUT2D eigenvalue weighted by Gasteiger charge is 2.30. The average Bonchev–Trinajstić information content (AvgIpc) is 2.66. The molecule has 0 fully saturated rings. The number of halogens is 5. The van der Waals surface area contributed by atoms with Gasteiger partial charge in [-0.25, -0.2) is 31.5 Å². The van der Waals surface area contributed by atoms with Gasteiger partial charge in [-0.3, -0.25) is 0 Å². The Morgan fingerprint density at radius 2 is 1.44 bits per heavy atom. The fraction of sp³-hybridized carbons (Fsp3) is 0.176. The Bertz CT molecular complexity index is 831. The zero-order valence-electron chi connectivity index (χ0n) is 13.4. The van der Waals surface area contributed by atoms with Crippen LogP contribution < -0.4 is 5.32 Å². The van der Waals surface area contributed by atoms with Gasteiger partial charge in [0, 0.05) is 12.0 Å². The number of rotatable bonds is 6. The molecule has 0 unspecified atom stereocenters. The maximum Gasteiger partial charge on any atom is 0.408 e. The van der Waals surface area contributed by atoms with Crippen molar-refractivity contribution in [1.29, 1.82) is 0 Å². The van der Waals surface area contributed by atoms with Crippen LogP contribution in [0, 0.1) is 29.1 Å². The molecule has 0 saturated carbocycles.